The third kappa shape index (κ3) is 2.09. The van der Waals surface area contributed by atoms with Crippen molar-refractivity contribution in [2.75, 3.05) is 0 Å². The lowest BCUT2D eigenvalue weighted by Gasteiger charge is -2.02. The summed E-state index contributed by atoms with van der Waals surface area (Å²) in [6, 6.07) is 1.79. The quantitative estimate of drug-likeness (QED) is 0.707. The summed E-state index contributed by atoms with van der Waals surface area (Å²) in [6.45, 7) is 0. The molecular formula is C8H4BrClIN3. The fourth-order valence-corrected chi connectivity index (χ4v) is 2.10. The fraction of sp³-hybridized carbons (Fsp3) is 0. The molecular weight excluding hydrogens is 380 g/mol. The van der Waals surface area contributed by atoms with Gasteiger partial charge in [0.2, 0.25) is 0 Å². The predicted octanol–water partition coefficient (Wildman–Crippen LogP) is 3.29. The summed E-state index contributed by atoms with van der Waals surface area (Å²) < 4.78 is 3.55. The molecule has 0 fully saturated rings. The van der Waals surface area contributed by atoms with Gasteiger partial charge in [-0.1, -0.05) is 11.6 Å². The first-order valence-corrected chi connectivity index (χ1v) is 5.93. The molecule has 0 aliphatic rings. The van der Waals surface area contributed by atoms with Crippen LogP contribution in [0.2, 0.25) is 5.02 Å². The van der Waals surface area contributed by atoms with Crippen LogP contribution in [0.15, 0.2) is 29.1 Å². The van der Waals surface area contributed by atoms with Crippen molar-refractivity contribution in [3.63, 3.8) is 0 Å². The van der Waals surface area contributed by atoms with Crippen LogP contribution in [0, 0.1) is 3.57 Å². The highest BCUT2D eigenvalue weighted by molar-refractivity contribution is 14.1. The maximum atomic E-state index is 6.02. The smallest absolute Gasteiger partial charge is 0.172 e. The Morgan fingerprint density at radius 1 is 1.43 bits per heavy atom. The van der Waals surface area contributed by atoms with Crippen molar-refractivity contribution in [3.8, 4) is 5.82 Å². The standard InChI is InChI=1S/C8H4BrClIN3/c9-5-1-7(10)8(12-2-5)14-4-6(11)3-13-14/h1-4H. The third-order valence-electron chi connectivity index (χ3n) is 1.56. The molecule has 0 bridgehead atoms. The van der Waals surface area contributed by atoms with Gasteiger partial charge in [0.15, 0.2) is 5.82 Å². The van der Waals surface area contributed by atoms with Crippen molar-refractivity contribution in [1.29, 1.82) is 0 Å². The van der Waals surface area contributed by atoms with E-state index in [2.05, 4.69) is 48.6 Å². The van der Waals surface area contributed by atoms with Crippen LogP contribution >= 0.6 is 50.1 Å². The van der Waals surface area contributed by atoms with E-state index in [-0.39, 0.29) is 0 Å². The van der Waals surface area contributed by atoms with E-state index in [0.717, 1.165) is 8.04 Å². The molecule has 14 heavy (non-hydrogen) atoms. The molecule has 6 heteroatoms. The second-order valence-electron chi connectivity index (χ2n) is 2.56. The lowest BCUT2D eigenvalue weighted by Crippen LogP contribution is -1.98. The molecule has 0 aromatic carbocycles. The van der Waals surface area contributed by atoms with Crippen LogP contribution in [0.5, 0.6) is 0 Å². The van der Waals surface area contributed by atoms with Gasteiger partial charge in [-0.05, 0) is 44.6 Å². The van der Waals surface area contributed by atoms with Gasteiger partial charge >= 0.3 is 0 Å². The largest absolute Gasteiger partial charge is 0.235 e. The molecule has 0 amide bonds. The van der Waals surface area contributed by atoms with E-state index in [1.165, 1.54) is 0 Å². The van der Waals surface area contributed by atoms with Gasteiger partial charge < -0.3 is 0 Å². The van der Waals surface area contributed by atoms with Gasteiger partial charge in [0.05, 0.1) is 14.8 Å². The Morgan fingerprint density at radius 2 is 2.21 bits per heavy atom. The summed E-state index contributed by atoms with van der Waals surface area (Å²) in [5, 5.41) is 4.69. The fourth-order valence-electron chi connectivity index (χ4n) is 0.993. The number of hydrogen-bond donors (Lipinski definition) is 0. The van der Waals surface area contributed by atoms with Crippen LogP contribution in [0.1, 0.15) is 0 Å². The Labute approximate surface area is 108 Å². The first-order valence-electron chi connectivity index (χ1n) is 3.68. The van der Waals surface area contributed by atoms with E-state index in [1.807, 2.05) is 6.20 Å². The number of nitrogens with zero attached hydrogens (tertiary/aromatic N) is 3. The Hall–Kier alpha value is -0.140. The van der Waals surface area contributed by atoms with E-state index in [4.69, 9.17) is 11.6 Å². The van der Waals surface area contributed by atoms with Crippen LogP contribution < -0.4 is 0 Å². The molecule has 0 unspecified atom stereocenters. The van der Waals surface area contributed by atoms with Gasteiger partial charge in [-0.2, -0.15) is 5.10 Å². The first kappa shape index (κ1) is 10.4. The van der Waals surface area contributed by atoms with Gasteiger partial charge in [-0.15, -0.1) is 0 Å². The maximum absolute atomic E-state index is 6.02. The molecule has 2 aromatic rings. The van der Waals surface area contributed by atoms with Crippen molar-refractivity contribution in [1.82, 2.24) is 14.8 Å². The Bertz CT molecular complexity index is 471. The molecule has 0 atom stereocenters. The zero-order valence-electron chi connectivity index (χ0n) is 6.78. The van der Waals surface area contributed by atoms with Crippen molar-refractivity contribution in [3.05, 3.63) is 37.7 Å². The van der Waals surface area contributed by atoms with Crippen molar-refractivity contribution < 1.29 is 0 Å². The van der Waals surface area contributed by atoms with E-state index >= 15 is 0 Å². The third-order valence-corrected chi connectivity index (χ3v) is 2.83. The molecule has 72 valence electrons. The van der Waals surface area contributed by atoms with E-state index in [0.29, 0.717) is 10.8 Å². The minimum Gasteiger partial charge on any atom is -0.235 e. The number of halogens is 3. The summed E-state index contributed by atoms with van der Waals surface area (Å²) in [6.07, 6.45) is 5.30. The minimum absolute atomic E-state index is 0.568. The Balaban J connectivity index is 2.52. The van der Waals surface area contributed by atoms with Crippen molar-refractivity contribution >= 4 is 50.1 Å². The van der Waals surface area contributed by atoms with Gasteiger partial charge in [0, 0.05) is 16.9 Å². The molecule has 0 aliphatic carbocycles. The number of hydrogen-bond acceptors (Lipinski definition) is 2. The van der Waals surface area contributed by atoms with E-state index < -0.39 is 0 Å². The van der Waals surface area contributed by atoms with E-state index in [9.17, 15) is 0 Å². The minimum atomic E-state index is 0.568. The average Bonchev–Trinajstić information content (AvgIpc) is 2.51. The Kier molecular flexibility index (Phi) is 3.08. The zero-order chi connectivity index (χ0) is 10.1. The average molecular weight is 384 g/mol. The second kappa shape index (κ2) is 4.16. The first-order chi connectivity index (χ1) is 6.66. The van der Waals surface area contributed by atoms with Crippen molar-refractivity contribution in [2.24, 2.45) is 0 Å². The van der Waals surface area contributed by atoms with Gasteiger partial charge in [0.25, 0.3) is 0 Å². The van der Waals surface area contributed by atoms with Crippen LogP contribution in [0.25, 0.3) is 5.82 Å². The van der Waals surface area contributed by atoms with E-state index in [1.54, 1.807) is 23.1 Å². The van der Waals surface area contributed by atoms with Crippen LogP contribution in [-0.2, 0) is 0 Å². The van der Waals surface area contributed by atoms with Crippen molar-refractivity contribution in [2.45, 2.75) is 0 Å². The van der Waals surface area contributed by atoms with Crippen LogP contribution in [0.3, 0.4) is 0 Å². The van der Waals surface area contributed by atoms with Gasteiger partial charge in [-0.3, -0.25) is 0 Å². The molecule has 0 saturated carbocycles. The monoisotopic (exact) mass is 383 g/mol. The molecule has 0 radical (unpaired) electrons. The molecule has 2 aromatic heterocycles. The maximum Gasteiger partial charge on any atom is 0.172 e. The number of pyridine rings is 1. The Morgan fingerprint density at radius 3 is 2.79 bits per heavy atom. The SMILES string of the molecule is Clc1cc(Br)cnc1-n1cc(I)cn1. The summed E-state index contributed by atoms with van der Waals surface area (Å²) in [7, 11) is 0. The molecule has 2 heterocycles. The highest BCUT2D eigenvalue weighted by Crippen LogP contribution is 2.21. The van der Waals surface area contributed by atoms with Gasteiger partial charge in [-0.25, -0.2) is 9.67 Å². The predicted molar refractivity (Wildman–Crippen MR) is 66.8 cm³/mol. The topological polar surface area (TPSA) is 30.7 Å². The molecule has 0 aliphatic heterocycles. The highest BCUT2D eigenvalue weighted by atomic mass is 127. The zero-order valence-corrected chi connectivity index (χ0v) is 11.3. The molecule has 2 rings (SSSR count). The van der Waals surface area contributed by atoms with Crippen LogP contribution in [-0.4, -0.2) is 14.8 Å². The normalized spacial score (nSPS) is 10.5. The molecule has 0 spiro atoms. The lowest BCUT2D eigenvalue weighted by atomic mass is 10.4. The van der Waals surface area contributed by atoms with Crippen LogP contribution in [0.4, 0.5) is 0 Å². The summed E-state index contributed by atoms with van der Waals surface area (Å²) in [5.41, 5.74) is 0. The highest BCUT2D eigenvalue weighted by Gasteiger charge is 2.05. The summed E-state index contributed by atoms with van der Waals surface area (Å²) in [5.74, 6) is 0.637. The van der Waals surface area contributed by atoms with Gasteiger partial charge in [0.1, 0.15) is 0 Å². The lowest BCUT2D eigenvalue weighted by molar-refractivity contribution is 0.846. The second-order valence-corrected chi connectivity index (χ2v) is 5.13. The summed E-state index contributed by atoms with van der Waals surface area (Å²) >= 11 is 11.5. The summed E-state index contributed by atoms with van der Waals surface area (Å²) in [4.78, 5) is 4.18. The number of aromatic nitrogens is 3. The number of rotatable bonds is 1. The molecule has 0 saturated heterocycles. The molecule has 3 nitrogen and oxygen atoms in total. The molecule has 0 N–H and O–H groups in total.